The minimum atomic E-state index is -0.975. The summed E-state index contributed by atoms with van der Waals surface area (Å²) in [5, 5.41) is 10.1. The van der Waals surface area contributed by atoms with E-state index in [-0.39, 0.29) is 5.56 Å². The van der Waals surface area contributed by atoms with Crippen LogP contribution in [0.3, 0.4) is 0 Å². The van der Waals surface area contributed by atoms with Crippen LogP contribution in [0.5, 0.6) is 0 Å². The fraction of sp³-hybridized carbons (Fsp3) is 0.294. The van der Waals surface area contributed by atoms with E-state index in [9.17, 15) is 9.90 Å². The molecule has 1 aliphatic rings. The van der Waals surface area contributed by atoms with Gasteiger partial charge in [0.15, 0.2) is 0 Å². The largest absolute Gasteiger partial charge is 0.478 e. The number of aromatic carboxylic acids is 1. The third-order valence-electron chi connectivity index (χ3n) is 4.16. The molecule has 2 aromatic heterocycles. The number of benzene rings is 1. The zero-order valence-electron chi connectivity index (χ0n) is 13.2. The van der Waals surface area contributed by atoms with Crippen molar-refractivity contribution in [2.24, 2.45) is 0 Å². The molecular formula is C17H16N4O2S. The number of hydrogen-bond donors (Lipinski definition) is 1. The highest BCUT2D eigenvalue weighted by atomic mass is 32.1. The molecule has 1 N–H and O–H groups in total. The third-order valence-corrected chi connectivity index (χ3v) is 5.11. The number of rotatable bonds is 3. The molecule has 0 unspecified atom stereocenters. The summed E-state index contributed by atoms with van der Waals surface area (Å²) in [6.45, 7) is 3.95. The first-order valence-corrected chi connectivity index (χ1v) is 8.65. The van der Waals surface area contributed by atoms with Crippen molar-refractivity contribution in [1.82, 2.24) is 15.0 Å². The molecule has 0 bridgehead atoms. The second-order valence-corrected chi connectivity index (χ2v) is 7.13. The van der Waals surface area contributed by atoms with Crippen molar-refractivity contribution in [3.05, 3.63) is 35.0 Å². The number of carbonyl (C=O) groups is 1. The van der Waals surface area contributed by atoms with Gasteiger partial charge in [-0.15, -0.1) is 11.3 Å². The highest BCUT2D eigenvalue weighted by Crippen LogP contribution is 2.32. The first-order valence-electron chi connectivity index (χ1n) is 7.83. The lowest BCUT2D eigenvalue weighted by Crippen LogP contribution is -2.19. The van der Waals surface area contributed by atoms with Gasteiger partial charge in [0.05, 0.1) is 17.3 Å². The van der Waals surface area contributed by atoms with Gasteiger partial charge in [-0.2, -0.15) is 0 Å². The Hall–Kier alpha value is -2.54. The summed E-state index contributed by atoms with van der Waals surface area (Å²) in [5.41, 5.74) is 2.23. The van der Waals surface area contributed by atoms with Crippen molar-refractivity contribution >= 4 is 34.2 Å². The van der Waals surface area contributed by atoms with Gasteiger partial charge < -0.3 is 10.0 Å². The molecule has 0 atom stereocenters. The van der Waals surface area contributed by atoms with Crippen molar-refractivity contribution in [2.45, 2.75) is 19.8 Å². The zero-order valence-corrected chi connectivity index (χ0v) is 14.0. The maximum atomic E-state index is 11.4. The molecule has 1 fully saturated rings. The molecule has 1 aromatic carbocycles. The molecule has 3 heterocycles. The van der Waals surface area contributed by atoms with E-state index in [2.05, 4.69) is 14.9 Å². The number of aryl methyl sites for hydroxylation is 1. The van der Waals surface area contributed by atoms with E-state index in [1.54, 1.807) is 24.5 Å². The smallest absolute Gasteiger partial charge is 0.335 e. The molecule has 122 valence electrons. The lowest BCUT2D eigenvalue weighted by Gasteiger charge is -2.16. The summed E-state index contributed by atoms with van der Waals surface area (Å²) in [6.07, 6.45) is 5.85. The SMILES string of the molecule is Cc1cnc(-c2cc(C(=O)O)cc3ncc(N4CCCC4)nc23)s1. The highest BCUT2D eigenvalue weighted by Gasteiger charge is 2.18. The molecule has 0 amide bonds. The van der Waals surface area contributed by atoms with Gasteiger partial charge in [-0.3, -0.25) is 4.98 Å². The topological polar surface area (TPSA) is 79.2 Å². The molecule has 6 nitrogen and oxygen atoms in total. The molecule has 4 rings (SSSR count). The summed E-state index contributed by atoms with van der Waals surface area (Å²) < 4.78 is 0. The number of nitrogens with zero attached hydrogens (tertiary/aromatic N) is 4. The lowest BCUT2D eigenvalue weighted by molar-refractivity contribution is 0.0697. The molecule has 7 heteroatoms. The Kier molecular flexibility index (Phi) is 3.65. The van der Waals surface area contributed by atoms with E-state index in [4.69, 9.17) is 4.98 Å². The summed E-state index contributed by atoms with van der Waals surface area (Å²) >= 11 is 1.53. The van der Waals surface area contributed by atoms with Crippen LogP contribution in [0, 0.1) is 6.92 Å². The van der Waals surface area contributed by atoms with Gasteiger partial charge in [-0.1, -0.05) is 0 Å². The zero-order chi connectivity index (χ0) is 16.7. The number of hydrogen-bond acceptors (Lipinski definition) is 6. The van der Waals surface area contributed by atoms with Gasteiger partial charge in [-0.05, 0) is 31.9 Å². The van der Waals surface area contributed by atoms with Crippen LogP contribution in [0.25, 0.3) is 21.6 Å². The van der Waals surface area contributed by atoms with Gasteiger partial charge in [0, 0.05) is 29.7 Å². The van der Waals surface area contributed by atoms with Gasteiger partial charge in [0.2, 0.25) is 0 Å². The Morgan fingerprint density at radius 1 is 1.21 bits per heavy atom. The van der Waals surface area contributed by atoms with Crippen molar-refractivity contribution in [2.75, 3.05) is 18.0 Å². The van der Waals surface area contributed by atoms with Crippen molar-refractivity contribution in [1.29, 1.82) is 0 Å². The van der Waals surface area contributed by atoms with Crippen LogP contribution in [0.4, 0.5) is 5.82 Å². The number of thiazole rings is 1. The van der Waals surface area contributed by atoms with Crippen molar-refractivity contribution in [3.8, 4) is 10.6 Å². The predicted octanol–water partition coefficient (Wildman–Crippen LogP) is 3.36. The normalized spacial score (nSPS) is 14.5. The molecule has 0 aliphatic carbocycles. The highest BCUT2D eigenvalue weighted by molar-refractivity contribution is 7.15. The molecule has 3 aromatic rings. The Morgan fingerprint density at radius 3 is 2.67 bits per heavy atom. The fourth-order valence-electron chi connectivity index (χ4n) is 2.97. The first-order chi connectivity index (χ1) is 11.6. The minimum Gasteiger partial charge on any atom is -0.478 e. The summed E-state index contributed by atoms with van der Waals surface area (Å²) in [6, 6.07) is 3.22. The van der Waals surface area contributed by atoms with Gasteiger partial charge in [0.1, 0.15) is 16.3 Å². The van der Waals surface area contributed by atoms with Crippen LogP contribution in [-0.4, -0.2) is 39.1 Å². The number of anilines is 1. The molecule has 0 radical (unpaired) electrons. The lowest BCUT2D eigenvalue weighted by atomic mass is 10.1. The van der Waals surface area contributed by atoms with E-state index in [1.807, 2.05) is 6.92 Å². The molecule has 24 heavy (non-hydrogen) atoms. The molecule has 1 aliphatic heterocycles. The second-order valence-electron chi connectivity index (χ2n) is 5.90. The molecule has 0 spiro atoms. The second kappa shape index (κ2) is 5.83. The summed E-state index contributed by atoms with van der Waals surface area (Å²) in [5.74, 6) is -0.130. The number of fused-ring (bicyclic) bond motifs is 1. The quantitative estimate of drug-likeness (QED) is 0.787. The Labute approximate surface area is 142 Å². The van der Waals surface area contributed by atoms with E-state index in [1.165, 1.54) is 11.3 Å². The average molecular weight is 340 g/mol. The number of aromatic nitrogens is 3. The van der Waals surface area contributed by atoms with E-state index >= 15 is 0 Å². The van der Waals surface area contributed by atoms with Gasteiger partial charge >= 0.3 is 5.97 Å². The Bertz CT molecular complexity index is 931. The summed E-state index contributed by atoms with van der Waals surface area (Å²) in [7, 11) is 0. The molecule has 1 saturated heterocycles. The first kappa shape index (κ1) is 15.0. The van der Waals surface area contributed by atoms with Gasteiger partial charge in [-0.25, -0.2) is 14.8 Å². The van der Waals surface area contributed by atoms with Crippen LogP contribution in [-0.2, 0) is 0 Å². The van der Waals surface area contributed by atoms with Crippen LogP contribution in [0.2, 0.25) is 0 Å². The fourth-order valence-corrected chi connectivity index (χ4v) is 3.75. The third kappa shape index (κ3) is 2.60. The predicted molar refractivity (Wildman–Crippen MR) is 93.8 cm³/mol. The standard InChI is InChI=1S/C17H16N4O2S/c1-10-8-19-16(24-10)12-6-11(17(22)23)7-13-15(12)20-14(9-18-13)21-4-2-3-5-21/h6-9H,2-5H2,1H3,(H,22,23). The van der Waals surface area contributed by atoms with Crippen LogP contribution in [0.1, 0.15) is 28.1 Å². The molecule has 0 saturated carbocycles. The summed E-state index contributed by atoms with van der Waals surface area (Å²) in [4.78, 5) is 28.4. The minimum absolute atomic E-state index is 0.202. The van der Waals surface area contributed by atoms with Crippen molar-refractivity contribution < 1.29 is 9.90 Å². The maximum absolute atomic E-state index is 11.4. The molecular weight excluding hydrogens is 324 g/mol. The van der Waals surface area contributed by atoms with Gasteiger partial charge in [0.25, 0.3) is 0 Å². The van der Waals surface area contributed by atoms with E-state index in [0.29, 0.717) is 11.0 Å². The Morgan fingerprint density at radius 2 is 2.00 bits per heavy atom. The van der Waals surface area contributed by atoms with Crippen LogP contribution in [0.15, 0.2) is 24.5 Å². The maximum Gasteiger partial charge on any atom is 0.335 e. The van der Waals surface area contributed by atoms with Crippen LogP contribution < -0.4 is 4.90 Å². The number of carboxylic acid groups (broad SMARTS) is 1. The average Bonchev–Trinajstić information content (AvgIpc) is 3.25. The monoisotopic (exact) mass is 340 g/mol. The van der Waals surface area contributed by atoms with Crippen LogP contribution >= 0.6 is 11.3 Å². The van der Waals surface area contributed by atoms with E-state index < -0.39 is 5.97 Å². The van der Waals surface area contributed by atoms with Crippen molar-refractivity contribution in [3.63, 3.8) is 0 Å². The Balaban J connectivity index is 1.94. The van der Waals surface area contributed by atoms with E-state index in [0.717, 1.165) is 47.2 Å². The number of carboxylic acids is 1.